The van der Waals surface area contributed by atoms with Gasteiger partial charge in [0.05, 0.1) is 17.2 Å². The Bertz CT molecular complexity index is 385. The molecule has 0 aliphatic carbocycles. The molecule has 0 bridgehead atoms. The van der Waals surface area contributed by atoms with Gasteiger partial charge in [-0.2, -0.15) is 0 Å². The summed E-state index contributed by atoms with van der Waals surface area (Å²) in [5.74, 6) is -0.901. The zero-order valence-electron chi connectivity index (χ0n) is 8.11. The number of hydrogen-bond acceptors (Lipinski definition) is 2. The van der Waals surface area contributed by atoms with Crippen LogP contribution in [0.1, 0.15) is 11.1 Å². The van der Waals surface area contributed by atoms with E-state index in [1.165, 1.54) is 0 Å². The van der Waals surface area contributed by atoms with Gasteiger partial charge < -0.3 is 5.11 Å². The lowest BCUT2D eigenvalue weighted by Gasteiger charge is -2.05. The highest BCUT2D eigenvalue weighted by Crippen LogP contribution is 2.15. The lowest BCUT2D eigenvalue weighted by atomic mass is 10.1. The van der Waals surface area contributed by atoms with Gasteiger partial charge in [-0.15, -0.1) is 0 Å². The molecule has 4 heteroatoms. The van der Waals surface area contributed by atoms with Crippen LogP contribution in [0.5, 0.6) is 0 Å². The smallest absolute Gasteiger partial charge is 0.307 e. The van der Waals surface area contributed by atoms with Crippen LogP contribution in [0.25, 0.3) is 0 Å². The fourth-order valence-electron chi connectivity index (χ4n) is 1.29. The molecule has 0 heterocycles. The van der Waals surface area contributed by atoms with Crippen LogP contribution in [0, 0.1) is 6.92 Å². The molecule has 0 aliphatic rings. The molecule has 14 heavy (non-hydrogen) atoms. The van der Waals surface area contributed by atoms with Crippen molar-refractivity contribution in [1.29, 1.82) is 0 Å². The fourth-order valence-corrected chi connectivity index (χ4v) is 2.05. The first-order valence-electron chi connectivity index (χ1n) is 4.15. The highest BCUT2D eigenvalue weighted by molar-refractivity contribution is 7.84. The number of carboxylic acid groups (broad SMARTS) is 1. The van der Waals surface area contributed by atoms with Crippen LogP contribution in [0.4, 0.5) is 0 Å². The van der Waals surface area contributed by atoms with Crippen molar-refractivity contribution in [2.24, 2.45) is 0 Å². The SMILES string of the molecule is Cc1ccc([S@](C)=O)c(CC(=O)O)c1. The molecule has 1 atom stereocenters. The van der Waals surface area contributed by atoms with Gasteiger partial charge in [-0.25, -0.2) is 0 Å². The van der Waals surface area contributed by atoms with Crippen molar-refractivity contribution in [2.45, 2.75) is 18.2 Å². The molecule has 0 unspecified atom stereocenters. The van der Waals surface area contributed by atoms with Gasteiger partial charge in [0.25, 0.3) is 0 Å². The predicted octanol–water partition coefficient (Wildman–Crippen LogP) is 1.36. The van der Waals surface area contributed by atoms with E-state index in [9.17, 15) is 9.00 Å². The molecule has 0 aliphatic heterocycles. The van der Waals surface area contributed by atoms with Crippen molar-refractivity contribution >= 4 is 16.8 Å². The largest absolute Gasteiger partial charge is 0.481 e. The van der Waals surface area contributed by atoms with Crippen molar-refractivity contribution in [3.05, 3.63) is 29.3 Å². The Morgan fingerprint density at radius 3 is 2.64 bits per heavy atom. The Morgan fingerprint density at radius 1 is 1.50 bits per heavy atom. The van der Waals surface area contributed by atoms with Gasteiger partial charge in [0.1, 0.15) is 0 Å². The lowest BCUT2D eigenvalue weighted by molar-refractivity contribution is -0.136. The molecular weight excluding hydrogens is 200 g/mol. The Morgan fingerprint density at radius 2 is 2.14 bits per heavy atom. The number of rotatable bonds is 3. The van der Waals surface area contributed by atoms with Crippen LogP contribution >= 0.6 is 0 Å². The van der Waals surface area contributed by atoms with Crippen molar-refractivity contribution in [2.75, 3.05) is 6.26 Å². The zero-order chi connectivity index (χ0) is 10.7. The topological polar surface area (TPSA) is 54.4 Å². The van der Waals surface area contributed by atoms with Crippen LogP contribution in [0.15, 0.2) is 23.1 Å². The monoisotopic (exact) mass is 212 g/mol. The van der Waals surface area contributed by atoms with Gasteiger partial charge >= 0.3 is 5.97 Å². The summed E-state index contributed by atoms with van der Waals surface area (Å²) in [6.45, 7) is 1.88. The minimum atomic E-state index is -1.13. The summed E-state index contributed by atoms with van der Waals surface area (Å²) in [6, 6.07) is 5.33. The molecule has 0 aromatic heterocycles. The molecule has 1 rings (SSSR count). The number of carbonyl (C=O) groups is 1. The van der Waals surface area contributed by atoms with E-state index in [1.807, 2.05) is 13.0 Å². The number of aryl methyl sites for hydroxylation is 1. The molecule has 0 radical (unpaired) electrons. The second-order valence-corrected chi connectivity index (χ2v) is 4.48. The highest BCUT2D eigenvalue weighted by Gasteiger charge is 2.09. The van der Waals surface area contributed by atoms with Crippen LogP contribution < -0.4 is 0 Å². The molecule has 76 valence electrons. The first kappa shape index (κ1) is 10.9. The van der Waals surface area contributed by atoms with Crippen LogP contribution in [0.2, 0.25) is 0 Å². The average molecular weight is 212 g/mol. The standard InChI is InChI=1S/C10H12O3S/c1-7-3-4-9(14(2)13)8(5-7)6-10(11)12/h3-5H,6H2,1-2H3,(H,11,12)/t14-/m0/s1. The Labute approximate surface area is 85.2 Å². The Hall–Kier alpha value is -1.16. The molecule has 0 spiro atoms. The summed E-state index contributed by atoms with van der Waals surface area (Å²) in [7, 11) is -1.13. The molecule has 3 nitrogen and oxygen atoms in total. The highest BCUT2D eigenvalue weighted by atomic mass is 32.2. The maximum Gasteiger partial charge on any atom is 0.307 e. The number of hydrogen-bond donors (Lipinski definition) is 1. The maximum absolute atomic E-state index is 11.3. The predicted molar refractivity (Wildman–Crippen MR) is 54.9 cm³/mol. The zero-order valence-corrected chi connectivity index (χ0v) is 8.93. The summed E-state index contributed by atoms with van der Waals surface area (Å²) >= 11 is 0. The Balaban J connectivity index is 3.15. The van der Waals surface area contributed by atoms with E-state index < -0.39 is 16.8 Å². The average Bonchev–Trinajstić information content (AvgIpc) is 2.01. The van der Waals surface area contributed by atoms with Gasteiger partial charge in [0.15, 0.2) is 0 Å². The minimum absolute atomic E-state index is 0.0728. The van der Waals surface area contributed by atoms with Crippen molar-refractivity contribution < 1.29 is 14.1 Å². The van der Waals surface area contributed by atoms with Crippen LogP contribution in [0.3, 0.4) is 0 Å². The third-order valence-corrected chi connectivity index (χ3v) is 2.89. The van der Waals surface area contributed by atoms with Gasteiger partial charge in [-0.1, -0.05) is 17.7 Å². The van der Waals surface area contributed by atoms with Gasteiger partial charge in [-0.05, 0) is 18.6 Å². The first-order chi connectivity index (χ1) is 6.50. The summed E-state index contributed by atoms with van der Waals surface area (Å²) < 4.78 is 11.3. The quantitative estimate of drug-likeness (QED) is 0.823. The molecule has 0 saturated carbocycles. The van der Waals surface area contributed by atoms with Gasteiger partial charge in [-0.3, -0.25) is 9.00 Å². The summed E-state index contributed by atoms with van der Waals surface area (Å²) in [5, 5.41) is 8.67. The van der Waals surface area contributed by atoms with Crippen LogP contribution in [-0.4, -0.2) is 21.5 Å². The van der Waals surface area contributed by atoms with Crippen LogP contribution in [-0.2, 0) is 22.0 Å². The third-order valence-electron chi connectivity index (χ3n) is 1.87. The first-order valence-corrected chi connectivity index (χ1v) is 5.71. The van der Waals surface area contributed by atoms with Crippen molar-refractivity contribution in [1.82, 2.24) is 0 Å². The van der Waals surface area contributed by atoms with E-state index in [0.717, 1.165) is 5.56 Å². The second-order valence-electron chi connectivity index (χ2n) is 3.14. The summed E-state index contributed by atoms with van der Waals surface area (Å²) in [5.41, 5.74) is 1.62. The number of aliphatic carboxylic acids is 1. The molecular formula is C10H12O3S. The molecule has 1 aromatic carbocycles. The molecule has 0 amide bonds. The molecule has 0 fully saturated rings. The van der Waals surface area contributed by atoms with E-state index in [-0.39, 0.29) is 6.42 Å². The number of benzene rings is 1. The number of carboxylic acids is 1. The minimum Gasteiger partial charge on any atom is -0.481 e. The molecule has 1 aromatic rings. The summed E-state index contributed by atoms with van der Waals surface area (Å²) in [6.07, 6.45) is 1.48. The van der Waals surface area contributed by atoms with Crippen molar-refractivity contribution in [3.8, 4) is 0 Å². The van der Waals surface area contributed by atoms with Gasteiger partial charge in [0.2, 0.25) is 0 Å². The second kappa shape index (κ2) is 4.37. The van der Waals surface area contributed by atoms with E-state index >= 15 is 0 Å². The fraction of sp³-hybridized carbons (Fsp3) is 0.300. The molecule has 1 N–H and O–H groups in total. The maximum atomic E-state index is 11.3. The van der Waals surface area contributed by atoms with E-state index in [2.05, 4.69) is 0 Å². The normalized spacial score (nSPS) is 12.4. The lowest BCUT2D eigenvalue weighted by Crippen LogP contribution is -2.04. The van der Waals surface area contributed by atoms with E-state index in [4.69, 9.17) is 5.11 Å². The summed E-state index contributed by atoms with van der Waals surface area (Å²) in [4.78, 5) is 11.2. The van der Waals surface area contributed by atoms with E-state index in [0.29, 0.717) is 10.5 Å². The van der Waals surface area contributed by atoms with E-state index in [1.54, 1.807) is 18.4 Å². The van der Waals surface area contributed by atoms with Gasteiger partial charge in [0, 0.05) is 11.2 Å². The Kier molecular flexibility index (Phi) is 3.41. The third kappa shape index (κ3) is 2.67. The van der Waals surface area contributed by atoms with Crippen molar-refractivity contribution in [3.63, 3.8) is 0 Å². The molecule has 0 saturated heterocycles.